The van der Waals surface area contributed by atoms with Crippen LogP contribution in [0.1, 0.15) is 54.1 Å². The van der Waals surface area contributed by atoms with E-state index in [2.05, 4.69) is 10.6 Å². The molecule has 0 radical (unpaired) electrons. The molecule has 0 bridgehead atoms. The summed E-state index contributed by atoms with van der Waals surface area (Å²) < 4.78 is 5.12. The predicted molar refractivity (Wildman–Crippen MR) is 178 cm³/mol. The fourth-order valence-corrected chi connectivity index (χ4v) is 7.50. The number of nitrogens with zero attached hydrogens (tertiary/aromatic N) is 1. The van der Waals surface area contributed by atoms with Crippen molar-refractivity contribution < 1.29 is 29.3 Å². The van der Waals surface area contributed by atoms with Crippen molar-refractivity contribution in [3.8, 4) is 5.75 Å². The summed E-state index contributed by atoms with van der Waals surface area (Å²) in [6, 6.07) is 21.3. The van der Waals surface area contributed by atoms with Crippen molar-refractivity contribution >= 4 is 29.5 Å². The van der Waals surface area contributed by atoms with Crippen LogP contribution in [-0.4, -0.2) is 74.4 Å². The molecule has 0 unspecified atom stereocenters. The smallest absolute Gasteiger partial charge is 0.258 e. The van der Waals surface area contributed by atoms with E-state index in [1.54, 1.807) is 0 Å². The van der Waals surface area contributed by atoms with Crippen LogP contribution in [0, 0.1) is 13.8 Å². The Bertz CT molecular complexity index is 1560. The summed E-state index contributed by atoms with van der Waals surface area (Å²) >= 11 is 1.44. The molecule has 0 saturated carbocycles. The van der Waals surface area contributed by atoms with Gasteiger partial charge in [0, 0.05) is 11.2 Å². The van der Waals surface area contributed by atoms with Gasteiger partial charge in [0.25, 0.3) is 11.8 Å². The van der Waals surface area contributed by atoms with Gasteiger partial charge in [-0.1, -0.05) is 72.8 Å². The van der Waals surface area contributed by atoms with Gasteiger partial charge in [0.05, 0.1) is 24.6 Å². The molecule has 4 atom stereocenters. The number of nitrogens with one attached hydrogen (secondary N) is 2. The van der Waals surface area contributed by atoms with Crippen LogP contribution in [-0.2, 0) is 27.2 Å². The molecule has 46 heavy (non-hydrogen) atoms. The van der Waals surface area contributed by atoms with Crippen molar-refractivity contribution in [2.75, 3.05) is 19.0 Å². The average molecular weight is 646 g/mol. The van der Waals surface area contributed by atoms with E-state index in [0.717, 1.165) is 27.8 Å². The SMILES string of the molecule is Cc1cccc(C)c1OCC(=O)NC[C@](O)(CCc1ccccc1)C(=O)N1CSC(C)(C)[C@H]1C(=O)N[C@H]1c2ccccc2C[C@H]1O. The number of aliphatic hydroxyl groups is 2. The highest BCUT2D eigenvalue weighted by Gasteiger charge is 2.53. The molecule has 1 saturated heterocycles. The zero-order valence-electron chi connectivity index (χ0n) is 26.8. The Hall–Kier alpha value is -3.86. The number of ether oxygens (including phenoxy) is 1. The van der Waals surface area contributed by atoms with Crippen molar-refractivity contribution in [2.45, 2.75) is 75.5 Å². The maximum atomic E-state index is 14.3. The first kappa shape index (κ1) is 33.5. The highest BCUT2D eigenvalue weighted by molar-refractivity contribution is 8.00. The summed E-state index contributed by atoms with van der Waals surface area (Å²) in [6.07, 6.45) is 0.0489. The maximum absolute atomic E-state index is 14.3. The Labute approximate surface area is 274 Å². The molecule has 0 aromatic heterocycles. The molecule has 1 aliphatic heterocycles. The van der Waals surface area contributed by atoms with E-state index in [-0.39, 0.29) is 25.4 Å². The van der Waals surface area contributed by atoms with E-state index in [1.807, 2.05) is 100 Å². The zero-order valence-corrected chi connectivity index (χ0v) is 27.6. The van der Waals surface area contributed by atoms with Crippen LogP contribution < -0.4 is 15.4 Å². The summed E-state index contributed by atoms with van der Waals surface area (Å²) in [4.78, 5) is 42.6. The van der Waals surface area contributed by atoms with Crippen molar-refractivity contribution in [3.05, 3.63) is 101 Å². The fourth-order valence-electron chi connectivity index (χ4n) is 6.37. The minimum atomic E-state index is -2.00. The summed E-state index contributed by atoms with van der Waals surface area (Å²) in [7, 11) is 0. The van der Waals surface area contributed by atoms with E-state index >= 15 is 0 Å². The molecular formula is C36H43N3O6S. The fraction of sp³-hybridized carbons (Fsp3) is 0.417. The molecular weight excluding hydrogens is 602 g/mol. The molecule has 244 valence electrons. The lowest BCUT2D eigenvalue weighted by Crippen LogP contribution is -2.61. The van der Waals surface area contributed by atoms with Crippen LogP contribution >= 0.6 is 11.8 Å². The van der Waals surface area contributed by atoms with Gasteiger partial charge >= 0.3 is 0 Å². The van der Waals surface area contributed by atoms with Crippen LogP contribution in [0.25, 0.3) is 0 Å². The molecule has 9 nitrogen and oxygen atoms in total. The lowest BCUT2D eigenvalue weighted by atomic mass is 9.91. The van der Waals surface area contributed by atoms with E-state index in [0.29, 0.717) is 18.6 Å². The molecule has 3 aromatic carbocycles. The van der Waals surface area contributed by atoms with Gasteiger partial charge in [-0.2, -0.15) is 0 Å². The number of aliphatic hydroxyl groups excluding tert-OH is 1. The number of para-hydroxylation sites is 1. The van der Waals surface area contributed by atoms with Gasteiger partial charge in [-0.3, -0.25) is 14.4 Å². The van der Waals surface area contributed by atoms with Gasteiger partial charge in [-0.05, 0) is 68.4 Å². The number of rotatable bonds is 11. The zero-order chi connectivity index (χ0) is 33.1. The molecule has 1 heterocycles. The number of hydrogen-bond acceptors (Lipinski definition) is 7. The summed E-state index contributed by atoms with van der Waals surface area (Å²) in [5, 5.41) is 28.5. The van der Waals surface area contributed by atoms with Crippen LogP contribution in [0.3, 0.4) is 0 Å². The molecule has 0 spiro atoms. The number of aryl methyl sites for hydroxylation is 3. The van der Waals surface area contributed by atoms with E-state index in [1.165, 1.54) is 16.7 Å². The molecule has 1 aliphatic carbocycles. The van der Waals surface area contributed by atoms with Crippen molar-refractivity contribution in [1.29, 1.82) is 0 Å². The summed E-state index contributed by atoms with van der Waals surface area (Å²) in [5.41, 5.74) is 2.56. The Morgan fingerprint density at radius 2 is 1.67 bits per heavy atom. The quantitative estimate of drug-likeness (QED) is 0.251. The molecule has 2 aliphatic rings. The van der Waals surface area contributed by atoms with Crippen LogP contribution in [0.4, 0.5) is 0 Å². The van der Waals surface area contributed by atoms with E-state index in [9.17, 15) is 24.6 Å². The number of fused-ring (bicyclic) bond motifs is 1. The minimum absolute atomic E-state index is 0.0263. The third-order valence-corrected chi connectivity index (χ3v) is 10.3. The van der Waals surface area contributed by atoms with Gasteiger partial charge in [0.15, 0.2) is 12.2 Å². The van der Waals surface area contributed by atoms with Crippen LogP contribution in [0.2, 0.25) is 0 Å². The third kappa shape index (κ3) is 7.24. The molecule has 3 aromatic rings. The standard InChI is InChI=1S/C36H43N3O6S/c1-23-11-10-12-24(2)31(23)45-20-29(41)37-21-36(44,18-17-25-13-6-5-7-14-25)34(43)39-22-46-35(3,4)32(39)33(42)38-30-27-16-9-8-15-26(27)19-28(30)40/h5-16,28,30,32,40,44H,17-22H2,1-4H3,(H,37,41)(H,38,42)/t28-,30+,32-,36-/m1/s1. The highest BCUT2D eigenvalue weighted by atomic mass is 32.2. The number of hydrogen-bond donors (Lipinski definition) is 4. The Kier molecular flexibility index (Phi) is 10.1. The van der Waals surface area contributed by atoms with Crippen LogP contribution in [0.5, 0.6) is 5.75 Å². The first-order chi connectivity index (χ1) is 21.9. The van der Waals surface area contributed by atoms with Crippen LogP contribution in [0.15, 0.2) is 72.8 Å². The lowest BCUT2D eigenvalue weighted by Gasteiger charge is -2.37. The van der Waals surface area contributed by atoms with Gasteiger partial charge in [0.1, 0.15) is 11.8 Å². The van der Waals surface area contributed by atoms with Gasteiger partial charge in [0.2, 0.25) is 5.91 Å². The second kappa shape index (κ2) is 13.9. The first-order valence-corrected chi connectivity index (χ1v) is 16.6. The Morgan fingerprint density at radius 3 is 2.39 bits per heavy atom. The second-order valence-corrected chi connectivity index (χ2v) is 14.4. The topological polar surface area (TPSA) is 128 Å². The van der Waals surface area contributed by atoms with Gasteiger partial charge in [-0.15, -0.1) is 11.8 Å². The van der Waals surface area contributed by atoms with E-state index < -0.39 is 46.3 Å². The monoisotopic (exact) mass is 645 g/mol. The normalized spacial score (nSPS) is 21.3. The largest absolute Gasteiger partial charge is 0.483 e. The van der Waals surface area contributed by atoms with Crippen molar-refractivity contribution in [2.24, 2.45) is 0 Å². The predicted octanol–water partition coefficient (Wildman–Crippen LogP) is 3.62. The molecule has 10 heteroatoms. The number of amides is 3. The second-order valence-electron chi connectivity index (χ2n) is 12.8. The lowest BCUT2D eigenvalue weighted by molar-refractivity contribution is -0.156. The van der Waals surface area contributed by atoms with E-state index in [4.69, 9.17) is 4.74 Å². The minimum Gasteiger partial charge on any atom is -0.483 e. The summed E-state index contributed by atoms with van der Waals surface area (Å²) in [6.45, 7) is 6.95. The van der Waals surface area contributed by atoms with Crippen molar-refractivity contribution in [3.63, 3.8) is 0 Å². The molecule has 4 N–H and O–H groups in total. The summed E-state index contributed by atoms with van der Waals surface area (Å²) in [5.74, 6) is -0.711. The molecule has 5 rings (SSSR count). The highest BCUT2D eigenvalue weighted by Crippen LogP contribution is 2.41. The Morgan fingerprint density at radius 1 is 1.00 bits per heavy atom. The maximum Gasteiger partial charge on any atom is 0.258 e. The average Bonchev–Trinajstić information content (AvgIpc) is 3.53. The first-order valence-electron chi connectivity index (χ1n) is 15.6. The van der Waals surface area contributed by atoms with Gasteiger partial charge in [-0.25, -0.2) is 0 Å². The molecule has 3 amide bonds. The number of thioether (sulfide) groups is 1. The van der Waals surface area contributed by atoms with Crippen molar-refractivity contribution in [1.82, 2.24) is 15.5 Å². The number of benzene rings is 3. The number of carbonyl (C=O) groups excluding carboxylic acids is 3. The third-order valence-electron chi connectivity index (χ3n) is 8.96. The number of carbonyl (C=O) groups is 3. The van der Waals surface area contributed by atoms with Gasteiger partial charge < -0.3 is 30.5 Å². The molecule has 1 fully saturated rings. The Balaban J connectivity index is 1.33.